The van der Waals surface area contributed by atoms with Gasteiger partial charge in [-0.1, -0.05) is 90.1 Å². The number of nitrogens with zero attached hydrogens (tertiary/aromatic N) is 4. The van der Waals surface area contributed by atoms with Gasteiger partial charge in [-0.05, 0) is 23.3 Å². The van der Waals surface area contributed by atoms with Crippen molar-refractivity contribution in [3.63, 3.8) is 0 Å². The monoisotopic (exact) mass is 512 g/mol. The molecule has 0 radical (unpaired) electrons. The fourth-order valence-electron chi connectivity index (χ4n) is 3.75. The second-order valence-electron chi connectivity index (χ2n) is 7.61. The molecule has 35 heavy (non-hydrogen) atoms. The number of aromatic nitrogens is 4. The highest BCUT2D eigenvalue weighted by Gasteiger charge is 2.34. The fourth-order valence-corrected chi connectivity index (χ4v) is 5.22. The van der Waals surface area contributed by atoms with Gasteiger partial charge in [0.2, 0.25) is 5.65 Å². The van der Waals surface area contributed by atoms with Crippen molar-refractivity contribution in [2.45, 2.75) is 16.6 Å². The van der Waals surface area contributed by atoms with E-state index in [1.807, 2.05) is 60.7 Å². The van der Waals surface area contributed by atoms with Crippen molar-refractivity contribution in [2.75, 3.05) is 0 Å². The Balaban J connectivity index is 1.58. The van der Waals surface area contributed by atoms with Gasteiger partial charge in [-0.15, -0.1) is 10.2 Å². The van der Waals surface area contributed by atoms with Gasteiger partial charge in [0.15, 0.2) is 5.16 Å². The summed E-state index contributed by atoms with van der Waals surface area (Å²) in [5, 5.41) is 8.04. The van der Waals surface area contributed by atoms with Gasteiger partial charge in [-0.2, -0.15) is 13.2 Å². The fraction of sp³-hybridized carbons (Fsp3) is 0.0800. The molecule has 176 valence electrons. The number of halogens is 4. The molecule has 2 aromatic heterocycles. The number of rotatable bonds is 5. The molecule has 0 unspecified atom stereocenters. The van der Waals surface area contributed by atoms with E-state index in [4.69, 9.17) is 11.6 Å². The molecule has 0 spiro atoms. The third kappa shape index (κ3) is 4.44. The van der Waals surface area contributed by atoms with Gasteiger partial charge >= 0.3 is 11.7 Å². The summed E-state index contributed by atoms with van der Waals surface area (Å²) in [4.78, 5) is 13.2. The van der Waals surface area contributed by atoms with E-state index in [1.54, 1.807) is 6.20 Å². The van der Waals surface area contributed by atoms with Crippen LogP contribution in [0.4, 0.5) is 13.2 Å². The Bertz CT molecular complexity index is 1510. The maximum atomic E-state index is 13.3. The van der Waals surface area contributed by atoms with E-state index in [-0.39, 0.29) is 16.6 Å². The van der Waals surface area contributed by atoms with Crippen molar-refractivity contribution in [1.82, 2.24) is 19.2 Å². The number of thioether (sulfide) groups is 1. The lowest BCUT2D eigenvalue weighted by atomic mass is 10.0. The molecule has 2 heterocycles. The van der Waals surface area contributed by atoms with Gasteiger partial charge in [0.05, 0.1) is 21.5 Å². The average Bonchev–Trinajstić information content (AvgIpc) is 3.27. The highest BCUT2D eigenvalue weighted by molar-refractivity contribution is 7.99. The summed E-state index contributed by atoms with van der Waals surface area (Å²) < 4.78 is 42.5. The minimum absolute atomic E-state index is 0.0247. The third-order valence-corrected chi connectivity index (χ3v) is 7.08. The topological polar surface area (TPSA) is 52.2 Å². The lowest BCUT2D eigenvalue weighted by Crippen LogP contribution is -2.21. The largest absolute Gasteiger partial charge is 0.417 e. The Labute approximate surface area is 206 Å². The molecule has 0 saturated heterocycles. The Hall–Kier alpha value is -3.56. The number of fused-ring (bicyclic) bond motifs is 1. The summed E-state index contributed by atoms with van der Waals surface area (Å²) in [6, 6.07) is 23.1. The van der Waals surface area contributed by atoms with Gasteiger partial charge in [-0.3, -0.25) is 13.8 Å². The standard InChI is InChI=1S/C25H16ClF3N4OS/c26-20-18(25(27,28)29)12-7-13-19(20)32-14-15-33-22(23(32)34)30-31-24(33)35-21(16-8-3-1-4-9-16)17-10-5-2-6-11-17/h1-15,21H. The summed E-state index contributed by atoms with van der Waals surface area (Å²) in [5.41, 5.74) is 0.328. The van der Waals surface area contributed by atoms with Gasteiger partial charge in [-0.25, -0.2) is 0 Å². The van der Waals surface area contributed by atoms with Gasteiger partial charge in [0.25, 0.3) is 0 Å². The van der Waals surface area contributed by atoms with Crippen molar-refractivity contribution in [2.24, 2.45) is 0 Å². The van der Waals surface area contributed by atoms with E-state index < -0.39 is 22.3 Å². The summed E-state index contributed by atoms with van der Waals surface area (Å²) in [6.07, 6.45) is -1.74. The Kier molecular flexibility index (Phi) is 6.12. The summed E-state index contributed by atoms with van der Waals surface area (Å²) in [5.74, 6) is 0. The van der Waals surface area contributed by atoms with Crippen LogP contribution in [0.1, 0.15) is 21.9 Å². The zero-order chi connectivity index (χ0) is 24.6. The Morgan fingerprint density at radius 2 is 1.46 bits per heavy atom. The SMILES string of the molecule is O=c1c2nnc(SC(c3ccccc3)c3ccccc3)n2ccn1-c1cccc(C(F)(F)F)c1Cl. The molecular formula is C25H16ClF3N4OS. The van der Waals surface area contributed by atoms with E-state index in [0.717, 1.165) is 21.8 Å². The highest BCUT2D eigenvalue weighted by Crippen LogP contribution is 2.40. The number of benzene rings is 3. The van der Waals surface area contributed by atoms with E-state index in [9.17, 15) is 18.0 Å². The molecule has 0 aliphatic carbocycles. The second kappa shape index (κ2) is 9.24. The zero-order valence-electron chi connectivity index (χ0n) is 17.9. The first-order valence-electron chi connectivity index (χ1n) is 10.4. The normalized spacial score (nSPS) is 11.9. The van der Waals surface area contributed by atoms with Crippen molar-refractivity contribution in [3.8, 4) is 5.69 Å². The van der Waals surface area contributed by atoms with Crippen LogP contribution in [-0.2, 0) is 6.18 Å². The molecule has 10 heteroatoms. The summed E-state index contributed by atoms with van der Waals surface area (Å²) in [7, 11) is 0. The maximum absolute atomic E-state index is 13.3. The Morgan fingerprint density at radius 3 is 2.06 bits per heavy atom. The molecule has 0 N–H and O–H groups in total. The minimum atomic E-state index is -4.65. The lowest BCUT2D eigenvalue weighted by molar-refractivity contribution is -0.137. The molecule has 5 aromatic rings. The molecule has 0 saturated carbocycles. The molecule has 0 aliphatic heterocycles. The zero-order valence-corrected chi connectivity index (χ0v) is 19.4. The van der Waals surface area contributed by atoms with E-state index in [1.165, 1.54) is 34.5 Å². The molecule has 0 atom stereocenters. The third-order valence-electron chi connectivity index (χ3n) is 5.41. The second-order valence-corrected chi connectivity index (χ2v) is 9.06. The van der Waals surface area contributed by atoms with Crippen molar-refractivity contribution >= 4 is 29.0 Å². The van der Waals surface area contributed by atoms with Crippen LogP contribution < -0.4 is 5.56 Å². The van der Waals surface area contributed by atoms with Crippen LogP contribution in [0.3, 0.4) is 0 Å². The molecule has 0 aliphatic rings. The smallest absolute Gasteiger partial charge is 0.278 e. The van der Waals surface area contributed by atoms with Crippen molar-refractivity contribution < 1.29 is 13.2 Å². The molecule has 0 bridgehead atoms. The van der Waals surface area contributed by atoms with E-state index in [0.29, 0.717) is 5.16 Å². The number of hydrogen-bond acceptors (Lipinski definition) is 4. The first kappa shape index (κ1) is 23.2. The predicted octanol–water partition coefficient (Wildman–Crippen LogP) is 6.43. The highest BCUT2D eigenvalue weighted by atomic mass is 35.5. The van der Waals surface area contributed by atoms with Crippen LogP contribution in [0.25, 0.3) is 11.3 Å². The molecule has 0 fully saturated rings. The van der Waals surface area contributed by atoms with Crippen LogP contribution in [0, 0.1) is 0 Å². The quantitative estimate of drug-likeness (QED) is 0.254. The van der Waals surface area contributed by atoms with E-state index in [2.05, 4.69) is 10.2 Å². The molecule has 5 rings (SSSR count). The number of hydrogen-bond donors (Lipinski definition) is 0. The first-order chi connectivity index (χ1) is 16.8. The van der Waals surface area contributed by atoms with Gasteiger partial charge in [0, 0.05) is 12.4 Å². The van der Waals surface area contributed by atoms with Crippen LogP contribution in [0.5, 0.6) is 0 Å². The lowest BCUT2D eigenvalue weighted by Gasteiger charge is -2.17. The van der Waals surface area contributed by atoms with Crippen LogP contribution in [0.2, 0.25) is 5.02 Å². The van der Waals surface area contributed by atoms with E-state index >= 15 is 0 Å². The van der Waals surface area contributed by atoms with Crippen LogP contribution in [0.15, 0.2) is 101 Å². The summed E-state index contributed by atoms with van der Waals surface area (Å²) in [6.45, 7) is 0. The molecule has 5 nitrogen and oxygen atoms in total. The van der Waals surface area contributed by atoms with Gasteiger partial charge in [0.1, 0.15) is 0 Å². The van der Waals surface area contributed by atoms with Crippen LogP contribution in [-0.4, -0.2) is 19.2 Å². The number of alkyl halides is 3. The van der Waals surface area contributed by atoms with Gasteiger partial charge < -0.3 is 0 Å². The average molecular weight is 513 g/mol. The molecule has 3 aromatic carbocycles. The Morgan fingerprint density at radius 1 is 0.829 bits per heavy atom. The summed E-state index contributed by atoms with van der Waals surface area (Å²) >= 11 is 7.45. The predicted molar refractivity (Wildman–Crippen MR) is 129 cm³/mol. The van der Waals surface area contributed by atoms with Crippen molar-refractivity contribution in [3.05, 3.63) is 123 Å². The molecular weight excluding hydrogens is 497 g/mol. The molecule has 0 amide bonds. The van der Waals surface area contributed by atoms with Crippen LogP contribution >= 0.6 is 23.4 Å². The minimum Gasteiger partial charge on any atom is -0.278 e. The van der Waals surface area contributed by atoms with Crippen molar-refractivity contribution in [1.29, 1.82) is 0 Å². The maximum Gasteiger partial charge on any atom is 0.417 e. The first-order valence-corrected chi connectivity index (χ1v) is 11.7.